The van der Waals surface area contributed by atoms with Crippen molar-refractivity contribution in [3.63, 3.8) is 0 Å². The predicted molar refractivity (Wildman–Crippen MR) is 144 cm³/mol. The molecule has 1 aromatic heterocycles. The van der Waals surface area contributed by atoms with Crippen molar-refractivity contribution in [2.24, 2.45) is 0 Å². The van der Waals surface area contributed by atoms with Gasteiger partial charge in [0.05, 0.1) is 12.6 Å². The Labute approximate surface area is 212 Å². The third-order valence-electron chi connectivity index (χ3n) is 6.34. The Balaban J connectivity index is 1.60. The molecule has 2 aromatic carbocycles. The zero-order valence-electron chi connectivity index (χ0n) is 20.3. The van der Waals surface area contributed by atoms with E-state index in [0.717, 1.165) is 35.1 Å². The Morgan fingerprint density at radius 3 is 2.57 bits per heavy atom. The van der Waals surface area contributed by atoms with E-state index in [1.807, 2.05) is 49.1 Å². The highest BCUT2D eigenvalue weighted by Crippen LogP contribution is 2.38. The number of amides is 1. The summed E-state index contributed by atoms with van der Waals surface area (Å²) < 4.78 is 27.8. The molecule has 7 heteroatoms. The molecule has 0 spiro atoms. The molecule has 1 aliphatic rings. The summed E-state index contributed by atoms with van der Waals surface area (Å²) in [7, 11) is -3.76. The van der Waals surface area contributed by atoms with E-state index in [1.165, 1.54) is 14.6 Å². The summed E-state index contributed by atoms with van der Waals surface area (Å²) in [5, 5.41) is 3.29. The van der Waals surface area contributed by atoms with Gasteiger partial charge < -0.3 is 4.90 Å². The molecule has 35 heavy (non-hydrogen) atoms. The number of rotatable bonds is 9. The Bertz CT molecular complexity index is 1270. The number of unbranched alkanes of at least 4 members (excludes halogenated alkanes) is 1. The lowest BCUT2D eigenvalue weighted by Crippen LogP contribution is -2.46. The second-order valence-electron chi connectivity index (χ2n) is 8.89. The molecule has 0 aliphatic carbocycles. The number of nitrogens with zero attached hydrogens (tertiary/aromatic N) is 2. The van der Waals surface area contributed by atoms with Gasteiger partial charge in [0.1, 0.15) is 0 Å². The maximum Gasteiger partial charge on any atom is 0.238 e. The van der Waals surface area contributed by atoms with Gasteiger partial charge in [0.2, 0.25) is 15.9 Å². The fraction of sp³-hybridized carbons (Fsp3) is 0.321. The van der Waals surface area contributed by atoms with Crippen molar-refractivity contribution in [3.05, 3.63) is 98.6 Å². The van der Waals surface area contributed by atoms with Crippen molar-refractivity contribution in [2.45, 2.75) is 39.2 Å². The predicted octanol–water partition coefficient (Wildman–Crippen LogP) is 5.63. The van der Waals surface area contributed by atoms with E-state index in [4.69, 9.17) is 0 Å². The maximum atomic E-state index is 13.7. The summed E-state index contributed by atoms with van der Waals surface area (Å²) in [5.74, 6) is -0.166. The van der Waals surface area contributed by atoms with Gasteiger partial charge in [-0.25, -0.2) is 8.42 Å². The lowest BCUT2D eigenvalue weighted by Gasteiger charge is -2.37. The van der Waals surface area contributed by atoms with Crippen LogP contribution in [0, 0.1) is 6.92 Å². The molecule has 184 valence electrons. The Morgan fingerprint density at radius 1 is 1.11 bits per heavy atom. The number of benzene rings is 2. The van der Waals surface area contributed by atoms with Crippen LogP contribution in [-0.2, 0) is 21.2 Å². The van der Waals surface area contributed by atoms with Gasteiger partial charge in [-0.2, -0.15) is 4.31 Å². The van der Waals surface area contributed by atoms with E-state index >= 15 is 0 Å². The average molecular weight is 509 g/mol. The third kappa shape index (κ3) is 6.10. The fourth-order valence-corrected chi connectivity index (χ4v) is 6.46. The van der Waals surface area contributed by atoms with Crippen LogP contribution in [0.25, 0.3) is 6.08 Å². The van der Waals surface area contributed by atoms with Crippen molar-refractivity contribution >= 4 is 33.3 Å². The van der Waals surface area contributed by atoms with Crippen molar-refractivity contribution in [1.29, 1.82) is 0 Å². The summed E-state index contributed by atoms with van der Waals surface area (Å²) >= 11 is 1.72. The molecule has 1 amide bonds. The van der Waals surface area contributed by atoms with Gasteiger partial charge in [-0.3, -0.25) is 4.79 Å². The molecule has 0 fully saturated rings. The van der Waals surface area contributed by atoms with Crippen LogP contribution in [-0.4, -0.2) is 43.2 Å². The molecule has 1 aliphatic heterocycles. The highest BCUT2D eigenvalue weighted by Gasteiger charge is 2.34. The van der Waals surface area contributed by atoms with Crippen LogP contribution in [0.4, 0.5) is 0 Å². The van der Waals surface area contributed by atoms with E-state index < -0.39 is 10.0 Å². The van der Waals surface area contributed by atoms with Gasteiger partial charge in [0.25, 0.3) is 0 Å². The molecular weight excluding hydrogens is 476 g/mol. The number of fused-ring (bicyclic) bond motifs is 1. The lowest BCUT2D eigenvalue weighted by molar-refractivity contribution is -0.133. The van der Waals surface area contributed by atoms with Crippen molar-refractivity contribution in [3.8, 4) is 0 Å². The minimum absolute atomic E-state index is 0.163. The molecule has 0 saturated carbocycles. The van der Waals surface area contributed by atoms with Crippen LogP contribution in [0.5, 0.6) is 0 Å². The molecular formula is C28H32N2O3S2. The van der Waals surface area contributed by atoms with Crippen LogP contribution in [0.15, 0.2) is 71.5 Å². The van der Waals surface area contributed by atoms with Gasteiger partial charge >= 0.3 is 0 Å². The Kier molecular flexibility index (Phi) is 8.21. The monoisotopic (exact) mass is 508 g/mol. The SMILES string of the molecule is CCCCN(CC(=O)N1CCc2sccc2C1c1ccc(C)cc1)S(=O)(=O)C=Cc1ccccc1. The zero-order valence-corrected chi connectivity index (χ0v) is 21.9. The second-order valence-corrected chi connectivity index (χ2v) is 11.7. The van der Waals surface area contributed by atoms with E-state index in [0.29, 0.717) is 19.5 Å². The van der Waals surface area contributed by atoms with Gasteiger partial charge in [0.15, 0.2) is 0 Å². The van der Waals surface area contributed by atoms with E-state index in [-0.39, 0.29) is 18.5 Å². The highest BCUT2D eigenvalue weighted by atomic mass is 32.2. The number of aryl methyl sites for hydroxylation is 1. The zero-order chi connectivity index (χ0) is 24.8. The number of sulfonamides is 1. The molecule has 5 nitrogen and oxygen atoms in total. The van der Waals surface area contributed by atoms with Crippen molar-refractivity contribution in [1.82, 2.24) is 9.21 Å². The number of carbonyl (C=O) groups excluding carboxylic acids is 1. The normalized spacial score (nSPS) is 16.1. The van der Waals surface area contributed by atoms with Crippen LogP contribution in [0.1, 0.15) is 52.9 Å². The van der Waals surface area contributed by atoms with Crippen LogP contribution >= 0.6 is 11.3 Å². The van der Waals surface area contributed by atoms with Gasteiger partial charge in [-0.15, -0.1) is 11.3 Å². The summed E-state index contributed by atoms with van der Waals surface area (Å²) in [4.78, 5) is 16.8. The molecule has 2 heterocycles. The van der Waals surface area contributed by atoms with Crippen LogP contribution < -0.4 is 0 Å². The molecule has 1 atom stereocenters. The van der Waals surface area contributed by atoms with Gasteiger partial charge in [0, 0.05) is 23.4 Å². The number of carbonyl (C=O) groups is 1. The Hall–Kier alpha value is -2.74. The largest absolute Gasteiger partial charge is 0.330 e. The van der Waals surface area contributed by atoms with Crippen LogP contribution in [0.2, 0.25) is 0 Å². The minimum atomic E-state index is -3.76. The molecule has 1 unspecified atom stereocenters. The van der Waals surface area contributed by atoms with Crippen molar-refractivity contribution < 1.29 is 13.2 Å². The summed E-state index contributed by atoms with van der Waals surface area (Å²) in [5.41, 5.74) is 4.16. The summed E-state index contributed by atoms with van der Waals surface area (Å²) in [6.07, 6.45) is 3.92. The number of hydrogen-bond donors (Lipinski definition) is 0. The first kappa shape index (κ1) is 25.4. The minimum Gasteiger partial charge on any atom is -0.330 e. The van der Waals surface area contributed by atoms with E-state index in [1.54, 1.807) is 17.4 Å². The maximum absolute atomic E-state index is 13.7. The van der Waals surface area contributed by atoms with E-state index in [2.05, 4.69) is 35.7 Å². The first-order chi connectivity index (χ1) is 16.9. The lowest BCUT2D eigenvalue weighted by atomic mass is 9.92. The fourth-order valence-electron chi connectivity index (χ4n) is 4.38. The smallest absolute Gasteiger partial charge is 0.238 e. The topological polar surface area (TPSA) is 57.7 Å². The molecule has 0 saturated heterocycles. The number of thiophene rings is 1. The van der Waals surface area contributed by atoms with Gasteiger partial charge in [-0.1, -0.05) is 73.5 Å². The first-order valence-electron chi connectivity index (χ1n) is 12.0. The molecule has 3 aromatic rings. The van der Waals surface area contributed by atoms with Gasteiger partial charge in [-0.05, 0) is 54.0 Å². The first-order valence-corrected chi connectivity index (χ1v) is 14.4. The molecule has 0 bridgehead atoms. The van der Waals surface area contributed by atoms with Crippen molar-refractivity contribution in [2.75, 3.05) is 19.6 Å². The number of hydrogen-bond acceptors (Lipinski definition) is 4. The molecule has 0 N–H and O–H groups in total. The second kappa shape index (κ2) is 11.3. The molecule has 0 radical (unpaired) electrons. The van der Waals surface area contributed by atoms with E-state index in [9.17, 15) is 13.2 Å². The Morgan fingerprint density at radius 2 is 1.86 bits per heavy atom. The quantitative estimate of drug-likeness (QED) is 0.376. The third-order valence-corrected chi connectivity index (χ3v) is 8.85. The highest BCUT2D eigenvalue weighted by molar-refractivity contribution is 7.92. The summed E-state index contributed by atoms with van der Waals surface area (Å²) in [6, 6.07) is 19.5. The standard InChI is InChI=1S/C28H32N2O3S2/c1-3-4-17-29(35(32,33)20-16-23-8-6-5-7-9-23)21-27(31)30-18-14-26-25(15-19-34-26)28(30)24-12-10-22(2)11-13-24/h5-13,15-16,19-20,28H,3-4,14,17-18,21H2,1-2H3. The molecule has 4 rings (SSSR count). The van der Waals surface area contributed by atoms with Crippen LogP contribution in [0.3, 0.4) is 0 Å². The average Bonchev–Trinajstić information content (AvgIpc) is 3.35. The summed E-state index contributed by atoms with van der Waals surface area (Å²) in [6.45, 7) is 4.79.